The van der Waals surface area contributed by atoms with E-state index in [1.54, 1.807) is 30.3 Å². The lowest BCUT2D eigenvalue weighted by Gasteiger charge is -2.10. The molecule has 1 amide bonds. The molecule has 0 atom stereocenters. The maximum absolute atomic E-state index is 13.0. The lowest BCUT2D eigenvalue weighted by Crippen LogP contribution is -2.19. The second-order valence-corrected chi connectivity index (χ2v) is 7.08. The van der Waals surface area contributed by atoms with Gasteiger partial charge in [0.15, 0.2) is 0 Å². The van der Waals surface area contributed by atoms with Crippen LogP contribution in [0.5, 0.6) is 11.5 Å². The van der Waals surface area contributed by atoms with E-state index in [2.05, 4.69) is 10.5 Å². The molecule has 1 N–H and O–H groups in total. The van der Waals surface area contributed by atoms with Gasteiger partial charge in [0, 0.05) is 10.6 Å². The highest BCUT2D eigenvalue weighted by Gasteiger charge is 2.06. The lowest BCUT2D eigenvalue weighted by molar-refractivity contribution is -0.120. The Morgan fingerprint density at radius 1 is 1.03 bits per heavy atom. The summed E-state index contributed by atoms with van der Waals surface area (Å²) < 4.78 is 24.2. The largest absolute Gasteiger partial charge is 0.494 e. The Hall–Kier alpha value is -3.38. The van der Waals surface area contributed by atoms with Crippen molar-refractivity contribution in [1.82, 2.24) is 5.43 Å². The van der Waals surface area contributed by atoms with Crippen molar-refractivity contribution in [3.63, 3.8) is 0 Å². The molecule has 3 aromatic rings. The van der Waals surface area contributed by atoms with Crippen LogP contribution < -0.4 is 14.9 Å². The average molecular weight is 441 g/mol. The summed E-state index contributed by atoms with van der Waals surface area (Å²) in [5.41, 5.74) is 4.78. The zero-order valence-electron chi connectivity index (χ0n) is 17.0. The number of carbonyl (C=O) groups is 1. The zero-order chi connectivity index (χ0) is 22.1. The number of hydrogen-bond donors (Lipinski definition) is 1. The molecular weight excluding hydrogens is 419 g/mol. The number of hydrogen-bond acceptors (Lipinski definition) is 4. The van der Waals surface area contributed by atoms with Crippen molar-refractivity contribution in [3.05, 3.63) is 94.3 Å². The molecule has 160 valence electrons. The van der Waals surface area contributed by atoms with Gasteiger partial charge in [-0.1, -0.05) is 35.9 Å². The van der Waals surface area contributed by atoms with Crippen molar-refractivity contribution < 1.29 is 18.7 Å². The summed E-state index contributed by atoms with van der Waals surface area (Å²) in [7, 11) is 0. The van der Waals surface area contributed by atoms with E-state index in [1.165, 1.54) is 18.3 Å². The number of halogens is 2. The van der Waals surface area contributed by atoms with E-state index in [9.17, 15) is 9.18 Å². The number of carbonyl (C=O) groups excluding carboxylic acids is 1. The summed E-state index contributed by atoms with van der Waals surface area (Å²) >= 11 is 6.08. The van der Waals surface area contributed by atoms with Gasteiger partial charge in [0.25, 0.3) is 0 Å². The van der Waals surface area contributed by atoms with Crippen molar-refractivity contribution in [2.45, 2.75) is 20.0 Å². The molecule has 3 rings (SSSR count). The van der Waals surface area contributed by atoms with E-state index in [1.807, 2.05) is 31.2 Å². The molecule has 0 aliphatic heterocycles. The first-order valence-corrected chi connectivity index (χ1v) is 10.1. The maximum atomic E-state index is 13.0. The van der Waals surface area contributed by atoms with Gasteiger partial charge >= 0.3 is 0 Å². The molecule has 0 bridgehead atoms. The molecule has 0 radical (unpaired) electrons. The summed E-state index contributed by atoms with van der Waals surface area (Å²) in [5.74, 6) is 0.748. The average Bonchev–Trinajstić information content (AvgIpc) is 2.76. The van der Waals surface area contributed by atoms with Crippen molar-refractivity contribution in [1.29, 1.82) is 0 Å². The normalized spacial score (nSPS) is 10.8. The molecule has 0 fully saturated rings. The second-order valence-electron chi connectivity index (χ2n) is 6.64. The van der Waals surface area contributed by atoms with Crippen LogP contribution in [0.15, 0.2) is 71.8 Å². The molecule has 0 aromatic heterocycles. The highest BCUT2D eigenvalue weighted by atomic mass is 35.5. The first-order valence-electron chi connectivity index (χ1n) is 9.74. The van der Waals surface area contributed by atoms with Gasteiger partial charge in [0.05, 0.1) is 19.2 Å². The van der Waals surface area contributed by atoms with E-state index in [4.69, 9.17) is 21.1 Å². The molecule has 0 aliphatic rings. The maximum Gasteiger partial charge on any atom is 0.244 e. The lowest BCUT2D eigenvalue weighted by atomic mass is 10.1. The quantitative estimate of drug-likeness (QED) is 0.370. The van der Waals surface area contributed by atoms with Crippen molar-refractivity contribution in [2.75, 3.05) is 6.61 Å². The predicted octanol–water partition coefficient (Wildman–Crippen LogP) is 5.15. The van der Waals surface area contributed by atoms with Crippen LogP contribution in [0.2, 0.25) is 5.02 Å². The van der Waals surface area contributed by atoms with E-state index in [-0.39, 0.29) is 24.8 Å². The van der Waals surface area contributed by atoms with Gasteiger partial charge < -0.3 is 9.47 Å². The minimum atomic E-state index is -0.302. The van der Waals surface area contributed by atoms with Gasteiger partial charge in [0.1, 0.15) is 23.9 Å². The van der Waals surface area contributed by atoms with Crippen LogP contribution in [0.3, 0.4) is 0 Å². The molecule has 0 saturated heterocycles. The second kappa shape index (κ2) is 11.1. The van der Waals surface area contributed by atoms with Crippen LogP contribution in [-0.2, 0) is 17.8 Å². The number of nitrogens with one attached hydrogen (secondary N) is 1. The molecule has 0 aliphatic carbocycles. The van der Waals surface area contributed by atoms with Crippen molar-refractivity contribution in [3.8, 4) is 11.5 Å². The molecule has 0 unspecified atom stereocenters. The van der Waals surface area contributed by atoms with Crippen LogP contribution in [0, 0.1) is 5.82 Å². The van der Waals surface area contributed by atoms with Gasteiger partial charge in [-0.05, 0) is 60.5 Å². The van der Waals surface area contributed by atoms with Crippen molar-refractivity contribution in [2.24, 2.45) is 5.10 Å². The fourth-order valence-electron chi connectivity index (χ4n) is 2.76. The van der Waals surface area contributed by atoms with Gasteiger partial charge in [-0.3, -0.25) is 4.79 Å². The summed E-state index contributed by atoms with van der Waals surface area (Å²) in [4.78, 5) is 12.2. The van der Waals surface area contributed by atoms with Crippen LogP contribution >= 0.6 is 11.6 Å². The molecule has 7 heteroatoms. The minimum absolute atomic E-state index is 0.188. The Morgan fingerprint density at radius 3 is 2.45 bits per heavy atom. The summed E-state index contributed by atoms with van der Waals surface area (Å²) in [5, 5.41) is 4.53. The predicted molar refractivity (Wildman–Crippen MR) is 119 cm³/mol. The zero-order valence-corrected chi connectivity index (χ0v) is 17.7. The molecular formula is C24H22ClFN2O3. The highest BCUT2D eigenvalue weighted by molar-refractivity contribution is 6.30. The number of rotatable bonds is 9. The summed E-state index contributed by atoms with van der Waals surface area (Å²) in [6.45, 7) is 2.76. The van der Waals surface area contributed by atoms with Crippen LogP contribution in [0.25, 0.3) is 0 Å². The molecule has 5 nitrogen and oxygen atoms in total. The standard InChI is InChI=1S/C24H22ClFN2O3/c1-2-30-22-10-5-17(6-11-22)13-24(29)28-27-15-19-14-20(25)7-12-23(19)31-16-18-3-8-21(26)9-4-18/h3-12,14-15H,2,13,16H2,1H3,(H,28,29)/b27-15-. The summed E-state index contributed by atoms with van der Waals surface area (Å²) in [6, 6.07) is 18.5. The number of benzene rings is 3. The van der Waals surface area contributed by atoms with Gasteiger partial charge in [-0.25, -0.2) is 9.82 Å². The fraction of sp³-hybridized carbons (Fsp3) is 0.167. The Labute approximate surface area is 185 Å². The number of amides is 1. The van der Waals surface area contributed by atoms with E-state index in [0.717, 1.165) is 16.9 Å². The Balaban J connectivity index is 1.58. The monoisotopic (exact) mass is 440 g/mol. The number of hydrazone groups is 1. The van der Waals surface area contributed by atoms with Crippen molar-refractivity contribution >= 4 is 23.7 Å². The van der Waals surface area contributed by atoms with Gasteiger partial charge in [-0.2, -0.15) is 5.10 Å². The third-order valence-corrected chi connectivity index (χ3v) is 4.51. The third kappa shape index (κ3) is 7.12. The van der Waals surface area contributed by atoms with E-state index in [0.29, 0.717) is 22.9 Å². The Morgan fingerprint density at radius 2 is 1.74 bits per heavy atom. The van der Waals surface area contributed by atoms with Gasteiger partial charge in [-0.15, -0.1) is 0 Å². The smallest absolute Gasteiger partial charge is 0.244 e. The number of ether oxygens (including phenoxy) is 2. The molecule has 0 heterocycles. The van der Waals surface area contributed by atoms with E-state index >= 15 is 0 Å². The first kappa shape index (κ1) is 22.3. The SMILES string of the molecule is CCOc1ccc(CC(=O)N/N=C\c2cc(Cl)ccc2OCc2ccc(F)cc2)cc1. The highest BCUT2D eigenvalue weighted by Crippen LogP contribution is 2.22. The van der Waals surface area contributed by atoms with Crippen LogP contribution in [0.4, 0.5) is 4.39 Å². The molecule has 3 aromatic carbocycles. The van der Waals surface area contributed by atoms with Crippen LogP contribution in [-0.4, -0.2) is 18.7 Å². The number of nitrogens with zero attached hydrogens (tertiary/aromatic N) is 1. The van der Waals surface area contributed by atoms with Gasteiger partial charge in [0.2, 0.25) is 5.91 Å². The summed E-state index contributed by atoms with van der Waals surface area (Å²) in [6.07, 6.45) is 1.66. The first-order chi connectivity index (χ1) is 15.0. The molecule has 31 heavy (non-hydrogen) atoms. The minimum Gasteiger partial charge on any atom is -0.494 e. The Kier molecular flexibility index (Phi) is 8.01. The van der Waals surface area contributed by atoms with E-state index < -0.39 is 0 Å². The molecule has 0 spiro atoms. The molecule has 0 saturated carbocycles. The fourth-order valence-corrected chi connectivity index (χ4v) is 2.94. The topological polar surface area (TPSA) is 59.9 Å². The Bertz CT molecular complexity index is 1040. The third-order valence-electron chi connectivity index (χ3n) is 4.27. The van der Waals surface area contributed by atoms with Crippen LogP contribution in [0.1, 0.15) is 23.6 Å².